The first-order chi connectivity index (χ1) is 10.1. The molecule has 2 N–H and O–H groups in total. The third kappa shape index (κ3) is 4.15. The molecule has 1 aliphatic heterocycles. The first-order valence-corrected chi connectivity index (χ1v) is 7.37. The number of carbonyl (C=O) groups is 1. The lowest BCUT2D eigenvalue weighted by Gasteiger charge is -2.34. The largest absolute Gasteiger partial charge is 0.505 e. The van der Waals surface area contributed by atoms with E-state index in [1.807, 2.05) is 0 Å². The number of pyridine rings is 1. The molecule has 6 heteroatoms. The van der Waals surface area contributed by atoms with Crippen molar-refractivity contribution in [1.29, 1.82) is 0 Å². The van der Waals surface area contributed by atoms with E-state index < -0.39 is 0 Å². The summed E-state index contributed by atoms with van der Waals surface area (Å²) in [5, 5.41) is 12.6. The van der Waals surface area contributed by atoms with Gasteiger partial charge in [-0.2, -0.15) is 0 Å². The Bertz CT molecular complexity index is 487. The van der Waals surface area contributed by atoms with Gasteiger partial charge < -0.3 is 15.2 Å². The van der Waals surface area contributed by atoms with Crippen LogP contribution in [0.3, 0.4) is 0 Å². The second-order valence-corrected chi connectivity index (χ2v) is 5.26. The van der Waals surface area contributed by atoms with E-state index in [0.717, 1.165) is 32.7 Å². The van der Waals surface area contributed by atoms with Crippen LogP contribution >= 0.6 is 0 Å². The minimum Gasteiger partial charge on any atom is -0.505 e. The topological polar surface area (TPSA) is 74.7 Å². The summed E-state index contributed by atoms with van der Waals surface area (Å²) in [7, 11) is 0. The molecule has 1 fully saturated rings. The van der Waals surface area contributed by atoms with Crippen molar-refractivity contribution in [1.82, 2.24) is 15.2 Å². The quantitative estimate of drug-likeness (QED) is 0.845. The number of aromatic nitrogens is 1. The normalized spacial score (nSPS) is 17.4. The van der Waals surface area contributed by atoms with Crippen molar-refractivity contribution in [3.63, 3.8) is 0 Å². The minimum absolute atomic E-state index is 0.0856. The van der Waals surface area contributed by atoms with Crippen LogP contribution in [0.5, 0.6) is 5.75 Å². The fourth-order valence-electron chi connectivity index (χ4n) is 2.51. The van der Waals surface area contributed by atoms with Crippen molar-refractivity contribution in [2.75, 3.05) is 32.8 Å². The summed E-state index contributed by atoms with van der Waals surface area (Å²) in [6.45, 7) is 7.75. The number of nitrogens with one attached hydrogen (secondary N) is 1. The van der Waals surface area contributed by atoms with Crippen LogP contribution in [-0.2, 0) is 4.74 Å². The molecule has 6 nitrogen and oxygen atoms in total. The van der Waals surface area contributed by atoms with E-state index in [1.165, 1.54) is 6.20 Å². The molecular formula is C15H23N3O3. The number of aromatic hydroxyl groups is 1. The Balaban J connectivity index is 1.94. The lowest BCUT2D eigenvalue weighted by molar-refractivity contribution is 0.0159. The third-order valence-corrected chi connectivity index (χ3v) is 3.80. The molecule has 1 aromatic heterocycles. The Morgan fingerprint density at radius 1 is 1.52 bits per heavy atom. The van der Waals surface area contributed by atoms with Gasteiger partial charge in [-0.05, 0) is 19.4 Å². The molecule has 0 unspecified atom stereocenters. The minimum atomic E-state index is -0.260. The smallest absolute Gasteiger partial charge is 0.255 e. The number of ether oxygens (including phenoxy) is 1. The van der Waals surface area contributed by atoms with Crippen LogP contribution in [0.4, 0.5) is 0 Å². The van der Waals surface area contributed by atoms with Gasteiger partial charge >= 0.3 is 0 Å². The molecule has 2 rings (SSSR count). The Kier molecular flexibility index (Phi) is 5.52. The van der Waals surface area contributed by atoms with Crippen LogP contribution in [0.1, 0.15) is 29.4 Å². The van der Waals surface area contributed by atoms with Crippen molar-refractivity contribution in [3.8, 4) is 5.75 Å². The van der Waals surface area contributed by atoms with Gasteiger partial charge in [0, 0.05) is 31.4 Å². The number of rotatable bonds is 5. The summed E-state index contributed by atoms with van der Waals surface area (Å²) in [6, 6.07) is 1.89. The zero-order valence-corrected chi connectivity index (χ0v) is 12.6. The van der Waals surface area contributed by atoms with Crippen molar-refractivity contribution >= 4 is 5.91 Å². The number of morpholine rings is 1. The van der Waals surface area contributed by atoms with Gasteiger partial charge in [-0.15, -0.1) is 0 Å². The summed E-state index contributed by atoms with van der Waals surface area (Å²) in [5.74, 6) is -0.345. The van der Waals surface area contributed by atoms with Crippen molar-refractivity contribution in [2.45, 2.75) is 26.3 Å². The number of amides is 1. The van der Waals surface area contributed by atoms with Crippen molar-refractivity contribution in [2.24, 2.45) is 0 Å². The molecule has 1 aromatic rings. The third-order valence-electron chi connectivity index (χ3n) is 3.80. The Morgan fingerprint density at radius 2 is 2.24 bits per heavy atom. The van der Waals surface area contributed by atoms with Gasteiger partial charge in [0.15, 0.2) is 0 Å². The van der Waals surface area contributed by atoms with Crippen molar-refractivity contribution < 1.29 is 14.6 Å². The van der Waals surface area contributed by atoms with Crippen LogP contribution in [0.15, 0.2) is 12.3 Å². The fraction of sp³-hybridized carbons (Fsp3) is 0.600. The lowest BCUT2D eigenvalue weighted by atomic mass is 10.1. The summed E-state index contributed by atoms with van der Waals surface area (Å²) in [6.07, 6.45) is 2.27. The van der Waals surface area contributed by atoms with Crippen LogP contribution in [0.25, 0.3) is 0 Å². The molecule has 0 spiro atoms. The SMILES string of the molecule is CC[C@@H](CNC(=O)c1cc(C)ncc1O)N1CCOCC1. The molecule has 1 aliphatic rings. The standard InChI is InChI=1S/C15H23N3O3/c1-3-12(18-4-6-21-7-5-18)9-17-15(20)13-8-11(2)16-10-14(13)19/h8,10,12,19H,3-7,9H2,1-2H3,(H,17,20)/t12-/m0/s1. The maximum atomic E-state index is 12.2. The maximum Gasteiger partial charge on any atom is 0.255 e. The fourth-order valence-corrected chi connectivity index (χ4v) is 2.51. The van der Waals surface area contributed by atoms with E-state index in [-0.39, 0.29) is 17.2 Å². The molecule has 1 saturated heterocycles. The number of hydrogen-bond acceptors (Lipinski definition) is 5. The van der Waals surface area contributed by atoms with Crippen LogP contribution in [-0.4, -0.2) is 59.8 Å². The van der Waals surface area contributed by atoms with E-state index in [2.05, 4.69) is 22.1 Å². The van der Waals surface area contributed by atoms with Crippen molar-refractivity contribution in [3.05, 3.63) is 23.5 Å². The number of aryl methyl sites for hydroxylation is 1. The van der Waals surface area contributed by atoms with Gasteiger partial charge in [-0.3, -0.25) is 14.7 Å². The van der Waals surface area contributed by atoms with Crippen LogP contribution < -0.4 is 5.32 Å². The molecule has 0 aliphatic carbocycles. The molecule has 1 atom stereocenters. The van der Waals surface area contributed by atoms with Gasteiger partial charge in [0.25, 0.3) is 5.91 Å². The Hall–Kier alpha value is -1.66. The van der Waals surface area contributed by atoms with Crippen LogP contribution in [0.2, 0.25) is 0 Å². The number of carbonyl (C=O) groups excluding carboxylic acids is 1. The van der Waals surface area contributed by atoms with E-state index in [0.29, 0.717) is 18.3 Å². The highest BCUT2D eigenvalue weighted by Crippen LogP contribution is 2.16. The second kappa shape index (κ2) is 7.38. The Morgan fingerprint density at radius 3 is 2.90 bits per heavy atom. The van der Waals surface area contributed by atoms with Gasteiger partial charge in [-0.25, -0.2) is 0 Å². The zero-order chi connectivity index (χ0) is 15.2. The average Bonchev–Trinajstić information content (AvgIpc) is 2.51. The van der Waals surface area contributed by atoms with Crippen LogP contribution in [0, 0.1) is 6.92 Å². The summed E-state index contributed by atoms with van der Waals surface area (Å²) >= 11 is 0. The molecule has 21 heavy (non-hydrogen) atoms. The second-order valence-electron chi connectivity index (χ2n) is 5.26. The first-order valence-electron chi connectivity index (χ1n) is 7.37. The zero-order valence-electron chi connectivity index (χ0n) is 12.6. The molecule has 1 amide bonds. The number of nitrogens with zero attached hydrogens (tertiary/aromatic N) is 2. The average molecular weight is 293 g/mol. The lowest BCUT2D eigenvalue weighted by Crippen LogP contribution is -2.48. The predicted octanol–water partition coefficient (Wildman–Crippen LogP) is 0.936. The molecule has 0 aromatic carbocycles. The highest BCUT2D eigenvalue weighted by atomic mass is 16.5. The molecule has 0 radical (unpaired) electrons. The van der Waals surface area contributed by atoms with E-state index in [1.54, 1.807) is 13.0 Å². The van der Waals surface area contributed by atoms with E-state index in [4.69, 9.17) is 4.74 Å². The van der Waals surface area contributed by atoms with Gasteiger partial charge in [0.1, 0.15) is 5.75 Å². The van der Waals surface area contributed by atoms with E-state index in [9.17, 15) is 9.90 Å². The highest BCUT2D eigenvalue weighted by molar-refractivity contribution is 5.96. The maximum absolute atomic E-state index is 12.2. The predicted molar refractivity (Wildman–Crippen MR) is 79.4 cm³/mol. The number of hydrogen-bond donors (Lipinski definition) is 2. The van der Waals surface area contributed by atoms with Gasteiger partial charge in [-0.1, -0.05) is 6.92 Å². The Labute approximate surface area is 125 Å². The monoisotopic (exact) mass is 293 g/mol. The van der Waals surface area contributed by atoms with Gasteiger partial charge in [0.2, 0.25) is 0 Å². The summed E-state index contributed by atoms with van der Waals surface area (Å²) in [4.78, 5) is 18.5. The van der Waals surface area contributed by atoms with Gasteiger partial charge in [0.05, 0.1) is 25.0 Å². The molecule has 0 bridgehead atoms. The summed E-state index contributed by atoms with van der Waals surface area (Å²) in [5.41, 5.74) is 0.984. The molecule has 0 saturated carbocycles. The molecule has 2 heterocycles. The first kappa shape index (κ1) is 15.7. The van der Waals surface area contributed by atoms with E-state index >= 15 is 0 Å². The molecule has 116 valence electrons. The molecular weight excluding hydrogens is 270 g/mol. The summed E-state index contributed by atoms with van der Waals surface area (Å²) < 4.78 is 5.35. The highest BCUT2D eigenvalue weighted by Gasteiger charge is 2.21.